The summed E-state index contributed by atoms with van der Waals surface area (Å²) in [4.78, 5) is 0. The van der Waals surface area contributed by atoms with Gasteiger partial charge in [0.2, 0.25) is 5.82 Å². The Morgan fingerprint density at radius 2 is 1.42 bits per heavy atom. The highest BCUT2D eigenvalue weighted by atomic mass is 19.2. The first kappa shape index (κ1) is 26.2. The first-order valence-corrected chi connectivity index (χ1v) is 12.7. The van der Waals surface area contributed by atoms with Crippen LogP contribution in [-0.4, -0.2) is 0 Å². The van der Waals surface area contributed by atoms with Gasteiger partial charge in [0.15, 0.2) is 29.0 Å². The third-order valence-corrected chi connectivity index (χ3v) is 7.28. The molecule has 192 valence electrons. The van der Waals surface area contributed by atoms with E-state index in [9.17, 15) is 22.0 Å². The molecule has 0 amide bonds. The SMILES string of the molecule is CCCCC[C@H]1CC[C@H](c2ccc(-c3cc(C)c(F)c(F)c3Oc3cc(F)c(F)c(F)c3)cc2)CC1. The van der Waals surface area contributed by atoms with Crippen molar-refractivity contribution in [3.05, 3.63) is 82.7 Å². The molecule has 3 aromatic carbocycles. The van der Waals surface area contributed by atoms with Crippen LogP contribution in [0.25, 0.3) is 11.1 Å². The van der Waals surface area contributed by atoms with Gasteiger partial charge in [-0.2, -0.15) is 4.39 Å². The van der Waals surface area contributed by atoms with E-state index in [1.54, 1.807) is 0 Å². The number of aryl methyl sites for hydroxylation is 1. The summed E-state index contributed by atoms with van der Waals surface area (Å²) in [5, 5.41) is 0. The van der Waals surface area contributed by atoms with Gasteiger partial charge in [0.1, 0.15) is 5.75 Å². The molecule has 0 aliphatic heterocycles. The van der Waals surface area contributed by atoms with Crippen LogP contribution >= 0.6 is 0 Å². The Morgan fingerprint density at radius 3 is 2.03 bits per heavy atom. The fourth-order valence-corrected chi connectivity index (χ4v) is 5.16. The maximum absolute atomic E-state index is 14.9. The van der Waals surface area contributed by atoms with Gasteiger partial charge in [0.25, 0.3) is 0 Å². The van der Waals surface area contributed by atoms with Gasteiger partial charge in [-0.25, -0.2) is 17.6 Å². The highest BCUT2D eigenvalue weighted by Crippen LogP contribution is 2.41. The zero-order chi connectivity index (χ0) is 25.8. The topological polar surface area (TPSA) is 9.23 Å². The van der Waals surface area contributed by atoms with E-state index in [2.05, 4.69) is 6.92 Å². The van der Waals surface area contributed by atoms with Gasteiger partial charge < -0.3 is 4.74 Å². The second-order valence-electron chi connectivity index (χ2n) is 9.84. The van der Waals surface area contributed by atoms with E-state index < -0.39 is 40.6 Å². The van der Waals surface area contributed by atoms with Crippen molar-refractivity contribution in [3.63, 3.8) is 0 Å². The van der Waals surface area contributed by atoms with Crippen LogP contribution in [0, 0.1) is 41.9 Å². The molecule has 3 aromatic rings. The third kappa shape index (κ3) is 5.74. The second kappa shape index (κ2) is 11.4. The lowest BCUT2D eigenvalue weighted by Gasteiger charge is -2.29. The average molecular weight is 503 g/mol. The van der Waals surface area contributed by atoms with Crippen LogP contribution in [0.15, 0.2) is 42.5 Å². The molecule has 36 heavy (non-hydrogen) atoms. The van der Waals surface area contributed by atoms with Gasteiger partial charge in [-0.05, 0) is 67.2 Å². The van der Waals surface area contributed by atoms with Crippen LogP contribution in [0.5, 0.6) is 11.5 Å². The molecular formula is C30H31F5O. The van der Waals surface area contributed by atoms with Crippen molar-refractivity contribution in [2.75, 3.05) is 0 Å². The van der Waals surface area contributed by atoms with Crippen molar-refractivity contribution < 1.29 is 26.7 Å². The standard InChI is InChI=1S/C30H31F5O/c1-3-4-5-6-19-7-9-20(10-8-19)21-11-13-22(14-12-21)24-15-18(2)27(33)29(35)30(24)36-23-16-25(31)28(34)26(32)17-23/h11-17,19-20H,3-10H2,1-2H3/t19-,20-. The van der Waals surface area contributed by atoms with Gasteiger partial charge in [-0.1, -0.05) is 56.9 Å². The van der Waals surface area contributed by atoms with Crippen molar-refractivity contribution in [3.8, 4) is 22.6 Å². The summed E-state index contributed by atoms with van der Waals surface area (Å²) in [7, 11) is 0. The Kier molecular flexibility index (Phi) is 8.32. The largest absolute Gasteiger partial charge is 0.453 e. The molecule has 0 atom stereocenters. The average Bonchev–Trinajstić information content (AvgIpc) is 2.88. The van der Waals surface area contributed by atoms with E-state index in [1.165, 1.54) is 57.1 Å². The minimum Gasteiger partial charge on any atom is -0.453 e. The minimum absolute atomic E-state index is 0.0665. The minimum atomic E-state index is -1.66. The number of hydrogen-bond acceptors (Lipinski definition) is 1. The van der Waals surface area contributed by atoms with Gasteiger partial charge in [0.05, 0.1) is 0 Å². The summed E-state index contributed by atoms with van der Waals surface area (Å²) in [5.41, 5.74) is 2.08. The highest BCUT2D eigenvalue weighted by molar-refractivity contribution is 5.72. The van der Waals surface area contributed by atoms with E-state index in [-0.39, 0.29) is 11.1 Å². The summed E-state index contributed by atoms with van der Waals surface area (Å²) in [5.74, 6) is -6.74. The number of rotatable bonds is 8. The number of benzene rings is 3. The Hall–Kier alpha value is -2.89. The number of unbranched alkanes of at least 4 members (excludes halogenated alkanes) is 2. The fourth-order valence-electron chi connectivity index (χ4n) is 5.16. The van der Waals surface area contributed by atoms with Crippen LogP contribution in [0.4, 0.5) is 22.0 Å². The Labute approximate surface area is 209 Å². The van der Waals surface area contributed by atoms with Gasteiger partial charge >= 0.3 is 0 Å². The van der Waals surface area contributed by atoms with E-state index in [1.807, 2.05) is 24.3 Å². The normalized spacial score (nSPS) is 17.9. The summed E-state index contributed by atoms with van der Waals surface area (Å²) < 4.78 is 75.4. The quantitative estimate of drug-likeness (QED) is 0.169. The maximum atomic E-state index is 14.9. The highest BCUT2D eigenvalue weighted by Gasteiger charge is 2.24. The molecule has 4 rings (SSSR count). The van der Waals surface area contributed by atoms with Crippen molar-refractivity contribution in [2.24, 2.45) is 5.92 Å². The molecule has 0 unspecified atom stereocenters. The Balaban J connectivity index is 1.56. The Morgan fingerprint density at radius 1 is 0.778 bits per heavy atom. The molecule has 1 aliphatic rings. The van der Waals surface area contributed by atoms with E-state index in [0.29, 0.717) is 23.6 Å². The van der Waals surface area contributed by atoms with Gasteiger partial charge in [-0.15, -0.1) is 0 Å². The molecule has 0 spiro atoms. The third-order valence-electron chi connectivity index (χ3n) is 7.28. The summed E-state index contributed by atoms with van der Waals surface area (Å²) in [6.45, 7) is 3.65. The molecule has 1 saturated carbocycles. The van der Waals surface area contributed by atoms with Gasteiger partial charge in [-0.3, -0.25) is 0 Å². The fraction of sp³-hybridized carbons (Fsp3) is 0.400. The monoisotopic (exact) mass is 502 g/mol. The molecule has 0 bridgehead atoms. The summed E-state index contributed by atoms with van der Waals surface area (Å²) in [6, 6.07) is 10.3. The smallest absolute Gasteiger partial charge is 0.202 e. The van der Waals surface area contributed by atoms with Crippen LogP contribution < -0.4 is 4.74 Å². The molecule has 6 heteroatoms. The number of hydrogen-bond donors (Lipinski definition) is 0. The lowest BCUT2D eigenvalue weighted by molar-refractivity contribution is 0.303. The van der Waals surface area contributed by atoms with Gasteiger partial charge in [0, 0.05) is 17.7 Å². The molecule has 1 aliphatic carbocycles. The predicted molar refractivity (Wildman–Crippen MR) is 132 cm³/mol. The molecule has 0 aromatic heterocycles. The van der Waals surface area contributed by atoms with Crippen LogP contribution in [-0.2, 0) is 0 Å². The van der Waals surface area contributed by atoms with Crippen molar-refractivity contribution in [2.45, 2.75) is 71.1 Å². The molecule has 1 nitrogen and oxygen atoms in total. The molecule has 0 heterocycles. The van der Waals surface area contributed by atoms with Crippen molar-refractivity contribution in [1.82, 2.24) is 0 Å². The first-order chi connectivity index (χ1) is 17.3. The second-order valence-corrected chi connectivity index (χ2v) is 9.84. The summed E-state index contributed by atoms with van der Waals surface area (Å²) >= 11 is 0. The van der Waals surface area contributed by atoms with E-state index in [4.69, 9.17) is 4.74 Å². The number of halogens is 5. The summed E-state index contributed by atoms with van der Waals surface area (Å²) in [6.07, 6.45) is 9.86. The zero-order valence-electron chi connectivity index (χ0n) is 20.7. The predicted octanol–water partition coefficient (Wildman–Crippen LogP) is 10.0. The maximum Gasteiger partial charge on any atom is 0.202 e. The van der Waals surface area contributed by atoms with Crippen LogP contribution in [0.1, 0.15) is 75.3 Å². The van der Waals surface area contributed by atoms with E-state index >= 15 is 0 Å². The van der Waals surface area contributed by atoms with Crippen molar-refractivity contribution in [1.29, 1.82) is 0 Å². The lowest BCUT2D eigenvalue weighted by atomic mass is 9.77. The van der Waals surface area contributed by atoms with Crippen LogP contribution in [0.2, 0.25) is 0 Å². The zero-order valence-corrected chi connectivity index (χ0v) is 20.7. The number of ether oxygens (including phenoxy) is 1. The lowest BCUT2D eigenvalue weighted by Crippen LogP contribution is -2.13. The first-order valence-electron chi connectivity index (χ1n) is 12.7. The van der Waals surface area contributed by atoms with E-state index in [0.717, 1.165) is 18.8 Å². The van der Waals surface area contributed by atoms with Crippen LogP contribution in [0.3, 0.4) is 0 Å². The molecule has 0 saturated heterocycles. The Bertz CT molecular complexity index is 1170. The molecular weight excluding hydrogens is 471 g/mol. The molecule has 1 fully saturated rings. The molecule has 0 N–H and O–H groups in total. The molecule has 0 radical (unpaired) electrons. The van der Waals surface area contributed by atoms with Crippen molar-refractivity contribution >= 4 is 0 Å².